The van der Waals surface area contributed by atoms with Crippen LogP contribution in [0.3, 0.4) is 0 Å². The minimum absolute atomic E-state index is 0.00691. The molecule has 1 amide bonds. The molecule has 0 saturated carbocycles. The van der Waals surface area contributed by atoms with Crippen LogP contribution in [-0.4, -0.2) is 53.2 Å². The predicted octanol–water partition coefficient (Wildman–Crippen LogP) is 4.08. The van der Waals surface area contributed by atoms with Gasteiger partial charge in [-0.1, -0.05) is 41.4 Å². The van der Waals surface area contributed by atoms with Gasteiger partial charge in [-0.3, -0.25) is 9.69 Å². The molecule has 2 aromatic carbocycles. The van der Waals surface area contributed by atoms with Crippen molar-refractivity contribution in [3.05, 3.63) is 54.1 Å². The van der Waals surface area contributed by atoms with Gasteiger partial charge >= 0.3 is 0 Å². The van der Waals surface area contributed by atoms with Crippen LogP contribution >= 0.6 is 0 Å². The Balaban J connectivity index is 1.24. The predicted molar refractivity (Wildman–Crippen MR) is 123 cm³/mol. The van der Waals surface area contributed by atoms with Crippen molar-refractivity contribution in [1.29, 1.82) is 0 Å². The Morgan fingerprint density at radius 1 is 1.12 bits per heavy atom. The van der Waals surface area contributed by atoms with Crippen molar-refractivity contribution in [3.63, 3.8) is 0 Å². The first-order valence-electron chi connectivity index (χ1n) is 11.2. The molecule has 1 N–H and O–H groups in total. The maximum atomic E-state index is 12.1. The summed E-state index contributed by atoms with van der Waals surface area (Å²) < 4.78 is 11.0. The van der Waals surface area contributed by atoms with E-state index >= 15 is 0 Å². The standard InChI is InChI=1S/C25H30N4O3/c1-18-6-8-20(9-7-18)24-27-25(32-28-24)21-10-12-22(13-11-21)31-17-23(30)26-14-16-29-15-4-3-5-19(29)2/h6-13,19H,3-5,14-17H2,1-2H3,(H,26,30)/t19-/m1/s1. The van der Waals surface area contributed by atoms with Gasteiger partial charge in [0.2, 0.25) is 5.82 Å². The number of hydrogen-bond acceptors (Lipinski definition) is 6. The lowest BCUT2D eigenvalue weighted by Crippen LogP contribution is -2.43. The third-order valence-electron chi connectivity index (χ3n) is 5.87. The Bertz CT molecular complexity index is 1010. The average molecular weight is 435 g/mol. The number of piperidine rings is 1. The first-order valence-corrected chi connectivity index (χ1v) is 11.2. The van der Waals surface area contributed by atoms with Crippen LogP contribution in [-0.2, 0) is 4.79 Å². The van der Waals surface area contributed by atoms with E-state index in [0.717, 1.165) is 24.2 Å². The Morgan fingerprint density at radius 2 is 1.88 bits per heavy atom. The molecule has 1 aromatic heterocycles. The van der Waals surface area contributed by atoms with Crippen LogP contribution < -0.4 is 10.1 Å². The third kappa shape index (κ3) is 5.73. The summed E-state index contributed by atoms with van der Waals surface area (Å²) in [6, 6.07) is 15.9. The van der Waals surface area contributed by atoms with Gasteiger partial charge in [0.15, 0.2) is 6.61 Å². The number of benzene rings is 2. The number of aromatic nitrogens is 2. The molecular formula is C25H30N4O3. The van der Waals surface area contributed by atoms with E-state index in [9.17, 15) is 4.79 Å². The van der Waals surface area contributed by atoms with Crippen molar-refractivity contribution in [2.24, 2.45) is 0 Å². The Kier molecular flexibility index (Phi) is 7.17. The number of aryl methyl sites for hydroxylation is 1. The van der Waals surface area contributed by atoms with Gasteiger partial charge in [0.1, 0.15) is 5.75 Å². The summed E-state index contributed by atoms with van der Waals surface area (Å²) in [6.07, 6.45) is 3.79. The molecule has 1 aliphatic heterocycles. The zero-order chi connectivity index (χ0) is 22.3. The molecule has 7 heteroatoms. The molecule has 1 aliphatic rings. The molecule has 168 valence electrons. The Hall–Kier alpha value is -3.19. The highest BCUT2D eigenvalue weighted by atomic mass is 16.5. The van der Waals surface area contributed by atoms with E-state index in [1.165, 1.54) is 24.8 Å². The molecule has 4 rings (SSSR count). The summed E-state index contributed by atoms with van der Waals surface area (Å²) in [4.78, 5) is 19.0. The van der Waals surface area contributed by atoms with Crippen LogP contribution in [0.4, 0.5) is 0 Å². The molecule has 32 heavy (non-hydrogen) atoms. The van der Waals surface area contributed by atoms with Crippen molar-refractivity contribution in [3.8, 4) is 28.6 Å². The number of hydrogen-bond donors (Lipinski definition) is 1. The summed E-state index contributed by atoms with van der Waals surface area (Å²) in [5, 5.41) is 7.01. The smallest absolute Gasteiger partial charge is 0.258 e. The van der Waals surface area contributed by atoms with Crippen LogP contribution in [0.5, 0.6) is 5.75 Å². The molecule has 1 fully saturated rings. The van der Waals surface area contributed by atoms with Crippen molar-refractivity contribution < 1.29 is 14.1 Å². The van der Waals surface area contributed by atoms with E-state index in [0.29, 0.717) is 30.1 Å². The summed E-state index contributed by atoms with van der Waals surface area (Å²) in [6.45, 7) is 6.93. The molecular weight excluding hydrogens is 404 g/mol. The molecule has 7 nitrogen and oxygen atoms in total. The zero-order valence-electron chi connectivity index (χ0n) is 18.7. The number of nitrogens with zero attached hydrogens (tertiary/aromatic N) is 3. The molecule has 0 spiro atoms. The molecule has 1 saturated heterocycles. The largest absolute Gasteiger partial charge is 0.484 e. The van der Waals surface area contributed by atoms with Crippen LogP contribution in [0, 0.1) is 6.92 Å². The van der Waals surface area contributed by atoms with Crippen LogP contribution in [0.2, 0.25) is 0 Å². The van der Waals surface area contributed by atoms with Crippen molar-refractivity contribution in [1.82, 2.24) is 20.4 Å². The molecule has 0 bridgehead atoms. The van der Waals surface area contributed by atoms with Crippen LogP contribution in [0.15, 0.2) is 53.1 Å². The molecule has 0 unspecified atom stereocenters. The quantitative estimate of drug-likeness (QED) is 0.575. The molecule has 0 aliphatic carbocycles. The minimum Gasteiger partial charge on any atom is -0.484 e. The Labute approximate surface area is 188 Å². The summed E-state index contributed by atoms with van der Waals surface area (Å²) in [5.41, 5.74) is 2.88. The fourth-order valence-electron chi connectivity index (χ4n) is 3.88. The van der Waals surface area contributed by atoms with Gasteiger partial charge in [-0.15, -0.1) is 0 Å². The lowest BCUT2D eigenvalue weighted by molar-refractivity contribution is -0.123. The van der Waals surface area contributed by atoms with Gasteiger partial charge in [0.25, 0.3) is 11.8 Å². The van der Waals surface area contributed by atoms with E-state index in [4.69, 9.17) is 9.26 Å². The minimum atomic E-state index is -0.113. The lowest BCUT2D eigenvalue weighted by atomic mass is 10.0. The van der Waals surface area contributed by atoms with Gasteiger partial charge in [0.05, 0.1) is 0 Å². The van der Waals surface area contributed by atoms with Crippen LogP contribution in [0.1, 0.15) is 31.7 Å². The number of ether oxygens (including phenoxy) is 1. The maximum absolute atomic E-state index is 12.1. The highest BCUT2D eigenvalue weighted by Crippen LogP contribution is 2.24. The second kappa shape index (κ2) is 10.4. The highest BCUT2D eigenvalue weighted by molar-refractivity contribution is 5.77. The first-order chi connectivity index (χ1) is 15.6. The lowest BCUT2D eigenvalue weighted by Gasteiger charge is -2.33. The Morgan fingerprint density at radius 3 is 2.62 bits per heavy atom. The number of rotatable bonds is 8. The SMILES string of the molecule is Cc1ccc(-c2noc(-c3ccc(OCC(=O)NCCN4CCCC[C@H]4C)cc3)n2)cc1. The summed E-state index contributed by atoms with van der Waals surface area (Å²) >= 11 is 0. The zero-order valence-corrected chi connectivity index (χ0v) is 18.7. The normalized spacial score (nSPS) is 16.6. The maximum Gasteiger partial charge on any atom is 0.258 e. The number of carbonyl (C=O) groups excluding carboxylic acids is 1. The van der Waals surface area contributed by atoms with E-state index in [1.807, 2.05) is 43.3 Å². The van der Waals surface area contributed by atoms with E-state index in [2.05, 4.69) is 27.3 Å². The fourth-order valence-corrected chi connectivity index (χ4v) is 3.88. The molecule has 3 aromatic rings. The first kappa shape index (κ1) is 22.0. The van der Waals surface area contributed by atoms with E-state index in [1.54, 1.807) is 12.1 Å². The second-order valence-electron chi connectivity index (χ2n) is 8.33. The van der Waals surface area contributed by atoms with Crippen LogP contribution in [0.25, 0.3) is 22.8 Å². The van der Waals surface area contributed by atoms with Gasteiger partial charge in [0, 0.05) is 30.3 Å². The average Bonchev–Trinajstić information content (AvgIpc) is 3.30. The molecule has 2 heterocycles. The highest BCUT2D eigenvalue weighted by Gasteiger charge is 2.17. The van der Waals surface area contributed by atoms with Crippen molar-refractivity contribution >= 4 is 5.91 Å². The molecule has 1 atom stereocenters. The topological polar surface area (TPSA) is 80.5 Å². The van der Waals surface area contributed by atoms with Gasteiger partial charge in [-0.25, -0.2) is 0 Å². The van der Waals surface area contributed by atoms with Crippen molar-refractivity contribution in [2.45, 2.75) is 39.2 Å². The summed E-state index contributed by atoms with van der Waals surface area (Å²) in [5.74, 6) is 1.50. The number of nitrogens with one attached hydrogen (secondary N) is 1. The monoisotopic (exact) mass is 434 g/mol. The fraction of sp³-hybridized carbons (Fsp3) is 0.400. The van der Waals surface area contributed by atoms with E-state index in [-0.39, 0.29) is 12.5 Å². The van der Waals surface area contributed by atoms with E-state index < -0.39 is 0 Å². The van der Waals surface area contributed by atoms with Crippen molar-refractivity contribution in [2.75, 3.05) is 26.2 Å². The number of likely N-dealkylation sites (tertiary alicyclic amines) is 1. The van der Waals surface area contributed by atoms with Gasteiger partial charge in [-0.05, 0) is 57.5 Å². The number of amides is 1. The second-order valence-corrected chi connectivity index (χ2v) is 8.33. The van der Waals surface area contributed by atoms with Gasteiger partial charge < -0.3 is 14.6 Å². The number of carbonyl (C=O) groups is 1. The third-order valence-corrected chi connectivity index (χ3v) is 5.87. The summed E-state index contributed by atoms with van der Waals surface area (Å²) in [7, 11) is 0. The molecule has 0 radical (unpaired) electrons. The van der Waals surface area contributed by atoms with Gasteiger partial charge in [-0.2, -0.15) is 4.98 Å².